The average Bonchev–Trinajstić information content (AvgIpc) is 2.84. The molecule has 3 nitrogen and oxygen atoms in total. The van der Waals surface area contributed by atoms with E-state index in [1.807, 2.05) is 0 Å². The highest BCUT2D eigenvalue weighted by molar-refractivity contribution is 14.1. The third kappa shape index (κ3) is 2.86. The number of carboxylic acid groups (broad SMARTS) is 1. The first kappa shape index (κ1) is 15.8. The average molecular weight is 387 g/mol. The molecule has 2 rings (SSSR count). The van der Waals surface area contributed by atoms with Gasteiger partial charge in [0.15, 0.2) is 0 Å². The number of carbonyl (C=O) groups is 1. The molecule has 0 amide bonds. The summed E-state index contributed by atoms with van der Waals surface area (Å²) in [5, 5.41) is 9.76. The highest BCUT2D eigenvalue weighted by Gasteiger charge is 2.48. The van der Waals surface area contributed by atoms with E-state index in [1.165, 1.54) is 9.13 Å². The van der Waals surface area contributed by atoms with E-state index in [9.17, 15) is 9.90 Å². The maximum atomic E-state index is 11.9. The zero-order valence-electron chi connectivity index (χ0n) is 12.1. The summed E-state index contributed by atoms with van der Waals surface area (Å²) in [6.07, 6.45) is 3.38. The summed E-state index contributed by atoms with van der Waals surface area (Å²) in [5.74, 6) is -0.658. The second kappa shape index (κ2) is 6.43. The zero-order chi connectivity index (χ0) is 14.8. The lowest BCUT2D eigenvalue weighted by atomic mass is 9.89. The largest absolute Gasteiger partial charge is 0.480 e. The molecule has 1 aliphatic rings. The molecule has 0 spiro atoms. The first-order chi connectivity index (χ1) is 9.51. The van der Waals surface area contributed by atoms with Crippen LogP contribution in [-0.2, 0) is 4.79 Å². The summed E-state index contributed by atoms with van der Waals surface area (Å²) in [6, 6.07) is 8.55. The lowest BCUT2D eigenvalue weighted by molar-refractivity contribution is -0.151. The lowest BCUT2D eigenvalue weighted by Gasteiger charge is -2.39. The van der Waals surface area contributed by atoms with Crippen LogP contribution >= 0.6 is 22.6 Å². The number of nitrogens with zero attached hydrogens (tertiary/aromatic N) is 1. The standard InChI is InChI=1S/C16H22INO2/c1-3-9-16(15(19)20)10-4-11-18(16)12(2)13-5-7-14(17)8-6-13/h5-8,12H,3-4,9-11H2,1-2H3,(H,19,20). The predicted molar refractivity (Wildman–Crippen MR) is 88.8 cm³/mol. The molecule has 20 heavy (non-hydrogen) atoms. The molecule has 1 fully saturated rings. The minimum absolute atomic E-state index is 0.150. The van der Waals surface area contributed by atoms with Crippen LogP contribution in [0.5, 0.6) is 0 Å². The van der Waals surface area contributed by atoms with Gasteiger partial charge in [0.05, 0.1) is 0 Å². The molecule has 2 atom stereocenters. The van der Waals surface area contributed by atoms with Gasteiger partial charge in [-0.1, -0.05) is 25.5 Å². The van der Waals surface area contributed by atoms with Crippen LogP contribution in [-0.4, -0.2) is 28.1 Å². The van der Waals surface area contributed by atoms with Crippen molar-refractivity contribution in [3.05, 3.63) is 33.4 Å². The van der Waals surface area contributed by atoms with Gasteiger partial charge < -0.3 is 5.11 Å². The third-order valence-corrected chi connectivity index (χ3v) is 5.14. The number of halogens is 1. The van der Waals surface area contributed by atoms with Crippen molar-refractivity contribution in [2.45, 2.75) is 51.1 Å². The number of carboxylic acids is 1. The number of hydrogen-bond acceptors (Lipinski definition) is 2. The quantitative estimate of drug-likeness (QED) is 0.775. The maximum absolute atomic E-state index is 11.9. The Labute approximate surface area is 134 Å². The van der Waals surface area contributed by atoms with E-state index >= 15 is 0 Å². The van der Waals surface area contributed by atoms with Crippen molar-refractivity contribution in [1.82, 2.24) is 4.90 Å². The molecule has 1 aromatic carbocycles. The Morgan fingerprint density at radius 3 is 2.65 bits per heavy atom. The smallest absolute Gasteiger partial charge is 0.324 e. The van der Waals surface area contributed by atoms with Crippen molar-refractivity contribution in [3.63, 3.8) is 0 Å². The van der Waals surface area contributed by atoms with Crippen LogP contribution in [0, 0.1) is 3.57 Å². The van der Waals surface area contributed by atoms with Gasteiger partial charge in [0, 0.05) is 9.61 Å². The molecule has 1 aromatic rings. The van der Waals surface area contributed by atoms with Crippen molar-refractivity contribution in [1.29, 1.82) is 0 Å². The normalized spacial score (nSPS) is 24.8. The minimum Gasteiger partial charge on any atom is -0.480 e. The van der Waals surface area contributed by atoms with Crippen LogP contribution in [0.15, 0.2) is 24.3 Å². The van der Waals surface area contributed by atoms with Crippen LogP contribution in [0.2, 0.25) is 0 Å². The van der Waals surface area contributed by atoms with Crippen molar-refractivity contribution >= 4 is 28.6 Å². The fourth-order valence-electron chi connectivity index (χ4n) is 3.40. The second-order valence-electron chi connectivity index (χ2n) is 5.61. The molecule has 1 heterocycles. The fraction of sp³-hybridized carbons (Fsp3) is 0.562. The first-order valence-corrected chi connectivity index (χ1v) is 8.35. The molecule has 1 N–H and O–H groups in total. The molecule has 0 radical (unpaired) electrons. The summed E-state index contributed by atoms with van der Waals surface area (Å²) in [4.78, 5) is 14.1. The minimum atomic E-state index is -0.669. The van der Waals surface area contributed by atoms with Gasteiger partial charge in [-0.25, -0.2) is 0 Å². The van der Waals surface area contributed by atoms with Crippen molar-refractivity contribution in [2.75, 3.05) is 6.54 Å². The number of benzene rings is 1. The van der Waals surface area contributed by atoms with E-state index in [1.54, 1.807) is 0 Å². The molecule has 1 aliphatic heterocycles. The molecule has 0 aliphatic carbocycles. The van der Waals surface area contributed by atoms with E-state index in [-0.39, 0.29) is 6.04 Å². The number of rotatable bonds is 5. The Bertz CT molecular complexity index is 474. The molecule has 110 valence electrons. The van der Waals surface area contributed by atoms with Crippen LogP contribution in [0.1, 0.15) is 51.1 Å². The molecule has 0 bridgehead atoms. The van der Waals surface area contributed by atoms with Crippen molar-refractivity contribution in [3.8, 4) is 0 Å². The van der Waals surface area contributed by atoms with E-state index in [0.717, 1.165) is 32.2 Å². The highest BCUT2D eigenvalue weighted by Crippen LogP contribution is 2.40. The number of hydrogen-bond donors (Lipinski definition) is 1. The van der Waals surface area contributed by atoms with Crippen LogP contribution < -0.4 is 0 Å². The zero-order valence-corrected chi connectivity index (χ0v) is 14.3. The van der Waals surface area contributed by atoms with Gasteiger partial charge in [0.1, 0.15) is 5.54 Å². The Morgan fingerprint density at radius 2 is 2.10 bits per heavy atom. The SMILES string of the molecule is CCCC1(C(=O)O)CCCN1C(C)c1ccc(I)cc1. The lowest BCUT2D eigenvalue weighted by Crippen LogP contribution is -2.51. The Hall–Kier alpha value is -0.620. The molecule has 1 saturated heterocycles. The Balaban J connectivity index is 2.29. The van der Waals surface area contributed by atoms with E-state index in [2.05, 4.69) is 65.6 Å². The van der Waals surface area contributed by atoms with Crippen molar-refractivity contribution in [2.24, 2.45) is 0 Å². The van der Waals surface area contributed by atoms with Crippen LogP contribution in [0.25, 0.3) is 0 Å². The molecular formula is C16H22INO2. The highest BCUT2D eigenvalue weighted by atomic mass is 127. The summed E-state index contributed by atoms with van der Waals surface area (Å²) in [5.41, 5.74) is 0.533. The monoisotopic (exact) mass is 387 g/mol. The van der Waals surface area contributed by atoms with Gasteiger partial charge in [0.25, 0.3) is 0 Å². The molecule has 0 aromatic heterocycles. The van der Waals surface area contributed by atoms with Gasteiger partial charge in [0.2, 0.25) is 0 Å². The Kier molecular flexibility index (Phi) is 5.07. The summed E-state index contributed by atoms with van der Waals surface area (Å²) >= 11 is 2.29. The second-order valence-corrected chi connectivity index (χ2v) is 6.86. The summed E-state index contributed by atoms with van der Waals surface area (Å²) in [6.45, 7) is 5.07. The van der Waals surface area contributed by atoms with Crippen molar-refractivity contribution < 1.29 is 9.90 Å². The molecule has 4 heteroatoms. The first-order valence-electron chi connectivity index (χ1n) is 7.27. The Morgan fingerprint density at radius 1 is 1.45 bits per heavy atom. The summed E-state index contributed by atoms with van der Waals surface area (Å²) < 4.78 is 1.21. The van der Waals surface area contributed by atoms with Gasteiger partial charge in [-0.2, -0.15) is 0 Å². The van der Waals surface area contributed by atoms with E-state index < -0.39 is 11.5 Å². The summed E-state index contributed by atoms with van der Waals surface area (Å²) in [7, 11) is 0. The number of likely N-dealkylation sites (tertiary alicyclic amines) is 1. The predicted octanol–water partition coefficient (Wildman–Crippen LogP) is 4.07. The number of aliphatic carboxylic acids is 1. The van der Waals surface area contributed by atoms with Crippen LogP contribution in [0.4, 0.5) is 0 Å². The van der Waals surface area contributed by atoms with Gasteiger partial charge in [-0.3, -0.25) is 9.69 Å². The third-order valence-electron chi connectivity index (χ3n) is 4.42. The molecular weight excluding hydrogens is 365 g/mol. The van der Waals surface area contributed by atoms with Gasteiger partial charge >= 0.3 is 5.97 Å². The molecule has 0 saturated carbocycles. The van der Waals surface area contributed by atoms with E-state index in [4.69, 9.17) is 0 Å². The molecule has 2 unspecified atom stereocenters. The van der Waals surface area contributed by atoms with E-state index in [0.29, 0.717) is 0 Å². The van der Waals surface area contributed by atoms with Gasteiger partial charge in [-0.05, 0) is 73.0 Å². The fourth-order valence-corrected chi connectivity index (χ4v) is 3.76. The maximum Gasteiger partial charge on any atom is 0.324 e. The topological polar surface area (TPSA) is 40.5 Å². The van der Waals surface area contributed by atoms with Crippen LogP contribution in [0.3, 0.4) is 0 Å². The van der Waals surface area contributed by atoms with Gasteiger partial charge in [-0.15, -0.1) is 0 Å².